The molecule has 86 valence electrons. The van der Waals surface area contributed by atoms with Gasteiger partial charge in [-0.25, -0.2) is 9.18 Å². The Hall–Kier alpha value is -1.56. The molecule has 1 aromatic carbocycles. The van der Waals surface area contributed by atoms with Crippen molar-refractivity contribution >= 4 is 23.6 Å². The van der Waals surface area contributed by atoms with Crippen molar-refractivity contribution in [3.8, 4) is 0 Å². The number of carboxylic acid groups (broad SMARTS) is 1. The lowest BCUT2D eigenvalue weighted by atomic mass is 10.2. The zero-order valence-corrected chi connectivity index (χ0v) is 9.31. The number of amides is 1. The summed E-state index contributed by atoms with van der Waals surface area (Å²) in [5, 5.41) is 11.1. The van der Waals surface area contributed by atoms with Gasteiger partial charge in [-0.3, -0.25) is 4.79 Å². The van der Waals surface area contributed by atoms with E-state index in [2.05, 4.69) is 5.32 Å². The second-order valence-corrected chi connectivity index (χ2v) is 3.96. The fraction of sp³-hybridized carbons (Fsp3) is 0.200. The van der Waals surface area contributed by atoms with Gasteiger partial charge in [-0.2, -0.15) is 0 Å². The Bertz CT molecular complexity index is 423. The van der Waals surface area contributed by atoms with E-state index in [0.717, 1.165) is 17.8 Å². The molecule has 0 bridgehead atoms. The normalized spacial score (nSPS) is 9.88. The predicted octanol–water partition coefficient (Wildman–Crippen LogP) is 1.36. The van der Waals surface area contributed by atoms with Gasteiger partial charge in [0.2, 0.25) is 5.91 Å². The topological polar surface area (TPSA) is 66.4 Å². The van der Waals surface area contributed by atoms with E-state index in [1.54, 1.807) is 0 Å². The van der Waals surface area contributed by atoms with Gasteiger partial charge in [0.05, 0.1) is 11.3 Å². The molecular formula is C10H10FNO3S. The Balaban J connectivity index is 2.79. The van der Waals surface area contributed by atoms with Crippen molar-refractivity contribution in [1.29, 1.82) is 0 Å². The predicted molar refractivity (Wildman–Crippen MR) is 58.2 cm³/mol. The molecule has 1 amide bonds. The molecule has 0 heterocycles. The Kier molecular flexibility index (Phi) is 4.30. The first kappa shape index (κ1) is 12.5. The summed E-state index contributed by atoms with van der Waals surface area (Å²) >= 11 is 1.15. The molecule has 0 aliphatic rings. The number of halogens is 1. The summed E-state index contributed by atoms with van der Waals surface area (Å²) in [7, 11) is 1.51. The van der Waals surface area contributed by atoms with Crippen LogP contribution in [0.3, 0.4) is 0 Å². The van der Waals surface area contributed by atoms with Gasteiger partial charge in [0.1, 0.15) is 5.82 Å². The summed E-state index contributed by atoms with van der Waals surface area (Å²) in [5.74, 6) is -2.11. The highest BCUT2D eigenvalue weighted by molar-refractivity contribution is 8.00. The Morgan fingerprint density at radius 3 is 2.75 bits per heavy atom. The molecule has 0 spiro atoms. The van der Waals surface area contributed by atoms with Crippen LogP contribution in [0.4, 0.5) is 4.39 Å². The highest BCUT2D eigenvalue weighted by atomic mass is 32.2. The SMILES string of the molecule is CNC(=O)CSc1ccc(F)c(C(=O)O)c1. The number of rotatable bonds is 4. The van der Waals surface area contributed by atoms with Gasteiger partial charge in [-0.1, -0.05) is 0 Å². The van der Waals surface area contributed by atoms with Crippen molar-refractivity contribution in [2.75, 3.05) is 12.8 Å². The standard InChI is InChI=1S/C10H10FNO3S/c1-12-9(13)5-16-6-2-3-8(11)7(4-6)10(14)15/h2-4H,5H2,1H3,(H,12,13)(H,14,15). The van der Waals surface area contributed by atoms with Gasteiger partial charge in [0.25, 0.3) is 0 Å². The quantitative estimate of drug-likeness (QED) is 0.784. The minimum absolute atomic E-state index is 0.168. The average Bonchev–Trinajstić information content (AvgIpc) is 2.27. The second-order valence-electron chi connectivity index (χ2n) is 2.91. The Morgan fingerprint density at radius 1 is 1.50 bits per heavy atom. The number of nitrogens with one attached hydrogen (secondary N) is 1. The van der Waals surface area contributed by atoms with E-state index in [1.807, 2.05) is 0 Å². The number of benzene rings is 1. The van der Waals surface area contributed by atoms with Crippen molar-refractivity contribution in [2.24, 2.45) is 0 Å². The van der Waals surface area contributed by atoms with Crippen LogP contribution in [0, 0.1) is 5.82 Å². The van der Waals surface area contributed by atoms with E-state index in [1.165, 1.54) is 19.2 Å². The third kappa shape index (κ3) is 3.23. The summed E-state index contributed by atoms with van der Waals surface area (Å²) in [6.45, 7) is 0. The summed E-state index contributed by atoms with van der Waals surface area (Å²) in [4.78, 5) is 22.1. The monoisotopic (exact) mass is 243 g/mol. The number of carbonyl (C=O) groups excluding carboxylic acids is 1. The zero-order valence-electron chi connectivity index (χ0n) is 8.49. The minimum Gasteiger partial charge on any atom is -0.478 e. The Labute approximate surface area is 95.8 Å². The fourth-order valence-electron chi connectivity index (χ4n) is 0.979. The van der Waals surface area contributed by atoms with Crippen LogP contribution in [0.5, 0.6) is 0 Å². The third-order valence-electron chi connectivity index (χ3n) is 1.82. The van der Waals surface area contributed by atoms with Crippen molar-refractivity contribution in [3.63, 3.8) is 0 Å². The second kappa shape index (κ2) is 5.50. The number of carboxylic acids is 1. The van der Waals surface area contributed by atoms with Crippen molar-refractivity contribution in [3.05, 3.63) is 29.6 Å². The molecule has 16 heavy (non-hydrogen) atoms. The molecule has 0 aliphatic carbocycles. The van der Waals surface area contributed by atoms with Crippen LogP contribution in [0.2, 0.25) is 0 Å². The van der Waals surface area contributed by atoms with E-state index < -0.39 is 11.8 Å². The highest BCUT2D eigenvalue weighted by Gasteiger charge is 2.11. The van der Waals surface area contributed by atoms with E-state index in [4.69, 9.17) is 5.11 Å². The lowest BCUT2D eigenvalue weighted by Gasteiger charge is -2.03. The number of carbonyl (C=O) groups is 2. The maximum Gasteiger partial charge on any atom is 0.338 e. The molecule has 4 nitrogen and oxygen atoms in total. The molecule has 1 aromatic rings. The van der Waals surface area contributed by atoms with Gasteiger partial charge < -0.3 is 10.4 Å². The van der Waals surface area contributed by atoms with Gasteiger partial charge in [0, 0.05) is 11.9 Å². The van der Waals surface area contributed by atoms with Crippen LogP contribution in [0.1, 0.15) is 10.4 Å². The molecule has 0 aromatic heterocycles. The van der Waals surface area contributed by atoms with Gasteiger partial charge in [-0.05, 0) is 18.2 Å². The fourth-order valence-corrected chi connectivity index (χ4v) is 1.79. The lowest BCUT2D eigenvalue weighted by Crippen LogP contribution is -2.19. The van der Waals surface area contributed by atoms with Crippen LogP contribution in [-0.4, -0.2) is 29.8 Å². The first-order valence-corrected chi connectivity index (χ1v) is 5.39. The van der Waals surface area contributed by atoms with Crippen molar-refractivity contribution in [2.45, 2.75) is 4.90 Å². The summed E-state index contributed by atoms with van der Waals surface area (Å²) in [6, 6.07) is 3.73. The number of aromatic carboxylic acids is 1. The van der Waals surface area contributed by atoms with E-state index in [0.29, 0.717) is 4.90 Å². The van der Waals surface area contributed by atoms with Crippen molar-refractivity contribution < 1.29 is 19.1 Å². The third-order valence-corrected chi connectivity index (χ3v) is 2.81. The lowest BCUT2D eigenvalue weighted by molar-refractivity contribution is -0.118. The molecule has 6 heteroatoms. The van der Waals surface area contributed by atoms with Gasteiger partial charge >= 0.3 is 5.97 Å². The molecule has 1 rings (SSSR count). The first-order chi connectivity index (χ1) is 7.54. The molecule has 0 atom stereocenters. The van der Waals surface area contributed by atoms with E-state index in [-0.39, 0.29) is 17.2 Å². The van der Waals surface area contributed by atoms with Gasteiger partial charge in [-0.15, -0.1) is 11.8 Å². The molecular weight excluding hydrogens is 233 g/mol. The van der Waals surface area contributed by atoms with Gasteiger partial charge in [0.15, 0.2) is 0 Å². The van der Waals surface area contributed by atoms with E-state index >= 15 is 0 Å². The zero-order chi connectivity index (χ0) is 12.1. The number of thioether (sulfide) groups is 1. The Morgan fingerprint density at radius 2 is 2.19 bits per heavy atom. The molecule has 0 saturated carbocycles. The smallest absolute Gasteiger partial charge is 0.338 e. The van der Waals surface area contributed by atoms with E-state index in [9.17, 15) is 14.0 Å². The number of hydrogen-bond donors (Lipinski definition) is 2. The average molecular weight is 243 g/mol. The molecule has 0 unspecified atom stereocenters. The summed E-state index contributed by atoms with van der Waals surface area (Å²) in [5.41, 5.74) is -0.387. The molecule has 0 radical (unpaired) electrons. The first-order valence-electron chi connectivity index (χ1n) is 4.41. The van der Waals surface area contributed by atoms with Crippen LogP contribution in [0.15, 0.2) is 23.1 Å². The maximum absolute atomic E-state index is 13.0. The molecule has 0 saturated heterocycles. The van der Waals surface area contributed by atoms with Crippen LogP contribution in [-0.2, 0) is 4.79 Å². The summed E-state index contributed by atoms with van der Waals surface area (Å²) in [6.07, 6.45) is 0. The maximum atomic E-state index is 13.0. The highest BCUT2D eigenvalue weighted by Crippen LogP contribution is 2.20. The molecule has 0 fully saturated rings. The van der Waals surface area contributed by atoms with Crippen LogP contribution >= 0.6 is 11.8 Å². The molecule has 2 N–H and O–H groups in total. The van der Waals surface area contributed by atoms with Crippen LogP contribution in [0.25, 0.3) is 0 Å². The summed E-state index contributed by atoms with van der Waals surface area (Å²) < 4.78 is 13.0. The van der Waals surface area contributed by atoms with Crippen LogP contribution < -0.4 is 5.32 Å². The van der Waals surface area contributed by atoms with Crippen molar-refractivity contribution in [1.82, 2.24) is 5.32 Å². The largest absolute Gasteiger partial charge is 0.478 e. The molecule has 0 aliphatic heterocycles. The number of hydrogen-bond acceptors (Lipinski definition) is 3. The minimum atomic E-state index is -1.32.